The highest BCUT2D eigenvalue weighted by Gasteiger charge is 2.36. The number of aliphatic imine (C=N–C) groups is 1. The van der Waals surface area contributed by atoms with Crippen molar-refractivity contribution in [1.29, 1.82) is 0 Å². The molecule has 1 aromatic carbocycles. The van der Waals surface area contributed by atoms with Crippen LogP contribution in [0.2, 0.25) is 0 Å². The third kappa shape index (κ3) is 3.81. The number of urea groups is 1. The zero-order chi connectivity index (χ0) is 18.8. The van der Waals surface area contributed by atoms with Crippen molar-refractivity contribution in [1.82, 2.24) is 10.3 Å². The van der Waals surface area contributed by atoms with Crippen LogP contribution in [0.15, 0.2) is 34.6 Å². The van der Waals surface area contributed by atoms with Gasteiger partial charge in [0.1, 0.15) is 10.8 Å². The smallest absolute Gasteiger partial charge is 0.328 e. The molecular weight excluding hydrogens is 361 g/mol. The van der Waals surface area contributed by atoms with Crippen molar-refractivity contribution in [2.75, 3.05) is 0 Å². The van der Waals surface area contributed by atoms with E-state index in [2.05, 4.69) is 15.7 Å². The Bertz CT molecular complexity index is 857. The van der Waals surface area contributed by atoms with Crippen molar-refractivity contribution in [2.45, 2.75) is 63.3 Å². The first kappa shape index (κ1) is 18.3. The van der Waals surface area contributed by atoms with Crippen molar-refractivity contribution in [3.8, 4) is 0 Å². The lowest BCUT2D eigenvalue weighted by Gasteiger charge is -2.31. The van der Waals surface area contributed by atoms with Gasteiger partial charge in [-0.3, -0.25) is 0 Å². The van der Waals surface area contributed by atoms with E-state index in [1.807, 2.05) is 13.0 Å². The number of hydrogen-bond acceptors (Lipinski definition) is 3. The number of thiazole rings is 1. The van der Waals surface area contributed by atoms with Gasteiger partial charge in [0.15, 0.2) is 0 Å². The fourth-order valence-corrected chi connectivity index (χ4v) is 5.29. The van der Waals surface area contributed by atoms with Crippen LogP contribution in [-0.4, -0.2) is 16.7 Å². The molecule has 1 aliphatic heterocycles. The molecule has 4 rings (SSSR count). The van der Waals surface area contributed by atoms with Crippen LogP contribution in [0, 0.1) is 5.82 Å². The fourth-order valence-electron chi connectivity index (χ4n) is 4.23. The van der Waals surface area contributed by atoms with Crippen molar-refractivity contribution in [3.05, 3.63) is 51.7 Å². The second-order valence-corrected chi connectivity index (χ2v) is 8.25. The van der Waals surface area contributed by atoms with Crippen LogP contribution in [0.4, 0.5) is 9.18 Å². The van der Waals surface area contributed by atoms with Gasteiger partial charge in [0.2, 0.25) is 0 Å². The maximum Gasteiger partial charge on any atom is 0.341 e. The molecule has 2 amide bonds. The second-order valence-electron chi connectivity index (χ2n) is 7.36. The molecule has 2 atom stereocenters. The molecule has 2 aliphatic rings. The summed E-state index contributed by atoms with van der Waals surface area (Å²) in [6.07, 6.45) is 6.92. The predicted molar refractivity (Wildman–Crippen MR) is 106 cm³/mol. The quantitative estimate of drug-likeness (QED) is 0.731. The predicted octanol–water partition coefficient (Wildman–Crippen LogP) is 5.73. The van der Waals surface area contributed by atoms with E-state index in [4.69, 9.17) is 4.98 Å². The van der Waals surface area contributed by atoms with Gasteiger partial charge in [0.05, 0.1) is 17.7 Å². The lowest BCUT2D eigenvalue weighted by molar-refractivity contribution is 0.242. The summed E-state index contributed by atoms with van der Waals surface area (Å²) < 4.78 is 13.8. The molecule has 27 heavy (non-hydrogen) atoms. The number of rotatable bonds is 4. The molecule has 1 aliphatic carbocycles. The van der Waals surface area contributed by atoms with E-state index in [9.17, 15) is 9.18 Å². The Balaban J connectivity index is 1.70. The van der Waals surface area contributed by atoms with Crippen LogP contribution in [-0.2, 0) is 0 Å². The topological polar surface area (TPSA) is 54.4 Å². The molecule has 1 aromatic heterocycles. The maximum atomic E-state index is 13.8. The Labute approximate surface area is 162 Å². The molecule has 2 heterocycles. The third-order valence-electron chi connectivity index (χ3n) is 5.62. The molecule has 0 saturated heterocycles. The number of hydrogen-bond donors (Lipinski definition) is 1. The van der Waals surface area contributed by atoms with Gasteiger partial charge in [-0.2, -0.15) is 0 Å². The molecule has 6 heteroatoms. The van der Waals surface area contributed by atoms with Crippen LogP contribution in [0.1, 0.15) is 79.6 Å². The fraction of sp³-hybridized carbons (Fsp3) is 0.476. The Morgan fingerprint density at radius 3 is 2.81 bits per heavy atom. The molecule has 1 N–H and O–H groups in total. The summed E-state index contributed by atoms with van der Waals surface area (Å²) in [5.41, 5.74) is 2.74. The average Bonchev–Trinajstić information content (AvgIpc) is 3.17. The minimum Gasteiger partial charge on any atom is -0.328 e. The van der Waals surface area contributed by atoms with Gasteiger partial charge in [-0.05, 0) is 37.0 Å². The number of nitrogens with zero attached hydrogens (tertiary/aromatic N) is 2. The highest BCUT2D eigenvalue weighted by atomic mass is 32.1. The highest BCUT2D eigenvalue weighted by Crippen LogP contribution is 2.40. The molecule has 2 unspecified atom stereocenters. The summed E-state index contributed by atoms with van der Waals surface area (Å²) in [7, 11) is 0. The van der Waals surface area contributed by atoms with Crippen molar-refractivity contribution < 1.29 is 9.18 Å². The summed E-state index contributed by atoms with van der Waals surface area (Å²) in [4.78, 5) is 21.3. The highest BCUT2D eigenvalue weighted by molar-refractivity contribution is 7.09. The number of aromatic nitrogens is 1. The van der Waals surface area contributed by atoms with E-state index >= 15 is 0 Å². The number of carbonyl (C=O) groups is 1. The molecular formula is C21H24FN3OS. The number of benzene rings is 1. The Morgan fingerprint density at radius 2 is 2.07 bits per heavy atom. The monoisotopic (exact) mass is 385 g/mol. The SMILES string of the molecule is CCC1=NC(=O)NC(c2cccc(F)c2)C1c1nc(C2CCCCC2)cs1. The summed E-state index contributed by atoms with van der Waals surface area (Å²) in [5, 5.41) is 6.06. The number of nitrogens with one attached hydrogen (secondary N) is 1. The standard InChI is InChI=1S/C21H24FN3OS/c1-2-16-18(20-23-17(12-27-20)13-7-4-3-5-8-13)19(25-21(26)24-16)14-9-6-10-15(22)11-14/h6,9-13,18-19H,2-5,7-8H2,1H3,(H,25,26). The first-order valence-electron chi connectivity index (χ1n) is 9.74. The number of carbonyl (C=O) groups excluding carboxylic acids is 1. The Hall–Kier alpha value is -2.08. The second kappa shape index (κ2) is 7.89. The lowest BCUT2D eigenvalue weighted by Crippen LogP contribution is -2.39. The zero-order valence-corrected chi connectivity index (χ0v) is 16.3. The van der Waals surface area contributed by atoms with Crippen molar-refractivity contribution in [2.24, 2.45) is 4.99 Å². The number of halogens is 1. The molecule has 1 fully saturated rings. The molecule has 2 aromatic rings. The van der Waals surface area contributed by atoms with E-state index in [1.54, 1.807) is 17.4 Å². The summed E-state index contributed by atoms with van der Waals surface area (Å²) in [5.74, 6) is 0.0940. The summed E-state index contributed by atoms with van der Waals surface area (Å²) in [6.45, 7) is 2.00. The minimum atomic E-state index is -0.360. The largest absolute Gasteiger partial charge is 0.341 e. The molecule has 0 radical (unpaired) electrons. The van der Waals surface area contributed by atoms with E-state index in [-0.39, 0.29) is 23.8 Å². The van der Waals surface area contributed by atoms with Crippen LogP contribution in [0.5, 0.6) is 0 Å². The van der Waals surface area contributed by atoms with Gasteiger partial charge in [-0.15, -0.1) is 11.3 Å². The van der Waals surface area contributed by atoms with E-state index in [1.165, 1.54) is 49.9 Å². The summed E-state index contributed by atoms with van der Waals surface area (Å²) in [6, 6.07) is 5.75. The average molecular weight is 386 g/mol. The Morgan fingerprint density at radius 1 is 1.26 bits per heavy atom. The van der Waals surface area contributed by atoms with Gasteiger partial charge in [0, 0.05) is 17.0 Å². The zero-order valence-electron chi connectivity index (χ0n) is 15.5. The van der Waals surface area contributed by atoms with E-state index < -0.39 is 0 Å². The normalized spacial score (nSPS) is 23.8. The van der Waals surface area contributed by atoms with Gasteiger partial charge in [-0.1, -0.05) is 38.3 Å². The van der Waals surface area contributed by atoms with Crippen LogP contribution in [0.3, 0.4) is 0 Å². The van der Waals surface area contributed by atoms with Crippen molar-refractivity contribution >= 4 is 23.1 Å². The molecule has 1 saturated carbocycles. The molecule has 142 valence electrons. The maximum absolute atomic E-state index is 13.8. The van der Waals surface area contributed by atoms with E-state index in [0.29, 0.717) is 12.3 Å². The molecule has 0 spiro atoms. The minimum absolute atomic E-state index is 0.142. The Kier molecular flexibility index (Phi) is 5.34. The van der Waals surface area contributed by atoms with E-state index in [0.717, 1.165) is 16.3 Å². The molecule has 0 bridgehead atoms. The molecule has 4 nitrogen and oxygen atoms in total. The first-order chi connectivity index (χ1) is 13.2. The van der Waals surface area contributed by atoms with Gasteiger partial charge >= 0.3 is 6.03 Å². The number of amides is 2. The van der Waals surface area contributed by atoms with Crippen molar-refractivity contribution in [3.63, 3.8) is 0 Å². The lowest BCUT2D eigenvalue weighted by atomic mass is 9.86. The van der Waals surface area contributed by atoms with Gasteiger partial charge < -0.3 is 5.32 Å². The first-order valence-corrected chi connectivity index (χ1v) is 10.6. The van der Waals surface area contributed by atoms with Crippen LogP contribution < -0.4 is 5.32 Å². The third-order valence-corrected chi connectivity index (χ3v) is 6.56. The van der Waals surface area contributed by atoms with Gasteiger partial charge in [-0.25, -0.2) is 19.2 Å². The summed E-state index contributed by atoms with van der Waals surface area (Å²) >= 11 is 1.64. The van der Waals surface area contributed by atoms with Crippen LogP contribution >= 0.6 is 11.3 Å². The van der Waals surface area contributed by atoms with Gasteiger partial charge in [0.25, 0.3) is 0 Å². The van der Waals surface area contributed by atoms with Crippen LogP contribution in [0.25, 0.3) is 0 Å².